The van der Waals surface area contributed by atoms with Gasteiger partial charge in [-0.05, 0) is 92.4 Å². The summed E-state index contributed by atoms with van der Waals surface area (Å²) in [6, 6.07) is 5.01. The maximum atomic E-state index is 2.67. The fraction of sp³-hybridized carbons (Fsp3) is 0.708. The van der Waals surface area contributed by atoms with Gasteiger partial charge < -0.3 is 0 Å². The lowest BCUT2D eigenvalue weighted by Gasteiger charge is -2.35. The van der Waals surface area contributed by atoms with Crippen molar-refractivity contribution >= 4 is 54.7 Å². The summed E-state index contributed by atoms with van der Waals surface area (Å²) >= 11 is 8.06. The van der Waals surface area contributed by atoms with Crippen molar-refractivity contribution in [2.75, 3.05) is 0 Å². The van der Waals surface area contributed by atoms with Gasteiger partial charge in [0, 0.05) is 20.2 Å². The van der Waals surface area contributed by atoms with Gasteiger partial charge in [-0.2, -0.15) is 22.7 Å². The largest absolute Gasteiger partial charge is 0.152 e. The molecule has 0 bridgehead atoms. The van der Waals surface area contributed by atoms with Gasteiger partial charge in [0.25, 0.3) is 0 Å². The molecule has 0 saturated heterocycles. The van der Waals surface area contributed by atoms with Crippen LogP contribution in [0.2, 0.25) is 0 Å². The van der Waals surface area contributed by atoms with Crippen LogP contribution in [-0.2, 0) is 10.8 Å². The second-order valence-corrected chi connectivity index (χ2v) is 19.5. The fourth-order valence-electron chi connectivity index (χ4n) is 9.06. The molecule has 0 aliphatic carbocycles. The van der Waals surface area contributed by atoms with Gasteiger partial charge in [-0.3, -0.25) is 0 Å². The average Bonchev–Trinajstić information content (AvgIpc) is 4.00. The normalized spacial score (nSPS) is 12.5. The van der Waals surface area contributed by atoms with E-state index in [2.05, 4.69) is 94.8 Å². The van der Waals surface area contributed by atoms with Crippen molar-refractivity contribution in [1.29, 1.82) is 0 Å². The van der Waals surface area contributed by atoms with Gasteiger partial charge in [-0.1, -0.05) is 182 Å². The molecule has 0 radical (unpaired) electrons. The Morgan fingerprint density at radius 3 is 0.923 bits per heavy atom. The average molecular weight is 781 g/mol. The summed E-state index contributed by atoms with van der Waals surface area (Å²) in [4.78, 5) is 0. The molecule has 0 saturated carbocycles. The lowest BCUT2D eigenvalue weighted by atomic mass is 9.68. The molecule has 4 aromatic heterocycles. The van der Waals surface area contributed by atoms with Crippen LogP contribution in [0.5, 0.6) is 0 Å². The molecule has 0 atom stereocenters. The van der Waals surface area contributed by atoms with E-state index in [-0.39, 0.29) is 10.8 Å². The van der Waals surface area contributed by atoms with Crippen LogP contribution in [0.25, 0.3) is 9.40 Å². The van der Waals surface area contributed by atoms with Crippen LogP contribution < -0.4 is 0 Å². The summed E-state index contributed by atoms with van der Waals surface area (Å²) in [6.45, 7) is 9.36. The first-order valence-electron chi connectivity index (χ1n) is 22.2. The molecule has 4 heterocycles. The molecule has 0 spiro atoms. The van der Waals surface area contributed by atoms with Crippen molar-refractivity contribution in [3.8, 4) is 0 Å². The minimum Gasteiger partial charge on any atom is -0.152 e. The van der Waals surface area contributed by atoms with E-state index in [1.165, 1.54) is 180 Å². The summed E-state index contributed by atoms with van der Waals surface area (Å²) in [5.41, 5.74) is 6.86. The summed E-state index contributed by atoms with van der Waals surface area (Å²) in [5, 5.41) is 15.1. The van der Waals surface area contributed by atoms with Crippen LogP contribution in [0.4, 0.5) is 0 Å². The minimum absolute atomic E-state index is 0.138. The molecular weight excluding hydrogens is 705 g/mol. The molecule has 0 aliphatic rings. The van der Waals surface area contributed by atoms with Crippen molar-refractivity contribution in [3.05, 3.63) is 66.7 Å². The third-order valence-electron chi connectivity index (χ3n) is 12.3. The van der Waals surface area contributed by atoms with Gasteiger partial charge in [-0.15, -0.1) is 22.7 Å². The van der Waals surface area contributed by atoms with Gasteiger partial charge in [0.2, 0.25) is 0 Å². The molecule has 0 unspecified atom stereocenters. The summed E-state index contributed by atoms with van der Waals surface area (Å²) in [5.74, 6) is 0. The molecule has 0 nitrogen and oxygen atoms in total. The second kappa shape index (κ2) is 25.3. The summed E-state index contributed by atoms with van der Waals surface area (Å²) < 4.78 is 3.27. The number of fused-ring (bicyclic) bond motifs is 1. The van der Waals surface area contributed by atoms with E-state index in [0.29, 0.717) is 0 Å². The molecule has 4 rings (SSSR count). The molecule has 0 fully saturated rings. The molecular formula is C48H76S4. The molecule has 52 heavy (non-hydrogen) atoms. The molecule has 0 N–H and O–H groups in total. The monoisotopic (exact) mass is 780 g/mol. The number of thiophene rings is 4. The molecule has 4 aromatic rings. The maximum Gasteiger partial charge on any atom is 0.0494 e. The quantitative estimate of drug-likeness (QED) is 0.0433. The fourth-order valence-corrected chi connectivity index (χ4v) is 13.4. The minimum atomic E-state index is 0.138. The van der Waals surface area contributed by atoms with Crippen LogP contribution in [0, 0.1) is 0 Å². The SMILES string of the molecule is CCCCCCCCC(CCCCCCCC)(c1ccsc1)c1csc2c(C(CCCCCCCC)(CCCCCCCC)c3ccsc3)csc12. The van der Waals surface area contributed by atoms with E-state index in [9.17, 15) is 0 Å². The molecule has 0 amide bonds. The standard InChI is InChI=1S/C48H76S4/c1-5-9-13-17-21-25-31-47(41-29-35-49-37-41,32-26-22-18-14-10-6-2)43-39-51-46-44(40-52-45(43)46)48(42-30-36-50-38-42,33-27-23-19-15-11-7-3)34-28-24-20-16-12-8-4/h29-30,35-40H,5-28,31-34H2,1-4H3. The van der Waals surface area contributed by atoms with Crippen molar-refractivity contribution in [2.45, 2.75) is 218 Å². The highest BCUT2D eigenvalue weighted by Gasteiger charge is 2.40. The highest BCUT2D eigenvalue weighted by atomic mass is 32.1. The Hall–Kier alpha value is -0.940. The van der Waals surface area contributed by atoms with Crippen LogP contribution in [0.3, 0.4) is 0 Å². The highest BCUT2D eigenvalue weighted by Crippen LogP contribution is 2.54. The number of rotatable bonds is 32. The van der Waals surface area contributed by atoms with Gasteiger partial charge in [-0.25, -0.2) is 0 Å². The van der Waals surface area contributed by atoms with Crippen LogP contribution in [0.15, 0.2) is 44.4 Å². The van der Waals surface area contributed by atoms with Gasteiger partial charge in [0.1, 0.15) is 0 Å². The van der Waals surface area contributed by atoms with E-state index in [4.69, 9.17) is 0 Å². The Bertz CT molecular complexity index is 1260. The van der Waals surface area contributed by atoms with E-state index >= 15 is 0 Å². The summed E-state index contributed by atoms with van der Waals surface area (Å²) in [6.07, 6.45) is 38.2. The smallest absolute Gasteiger partial charge is 0.0494 e. The second-order valence-electron chi connectivity index (χ2n) is 16.2. The number of hydrogen-bond donors (Lipinski definition) is 0. The third-order valence-corrected chi connectivity index (χ3v) is 15.8. The van der Waals surface area contributed by atoms with E-state index in [1.54, 1.807) is 31.7 Å². The Morgan fingerprint density at radius 2 is 0.654 bits per heavy atom. The van der Waals surface area contributed by atoms with Gasteiger partial charge >= 0.3 is 0 Å². The third kappa shape index (κ3) is 12.5. The zero-order valence-electron chi connectivity index (χ0n) is 34.1. The summed E-state index contributed by atoms with van der Waals surface area (Å²) in [7, 11) is 0. The molecule has 0 aliphatic heterocycles. The zero-order chi connectivity index (χ0) is 36.7. The van der Waals surface area contributed by atoms with E-state index in [1.807, 2.05) is 22.7 Å². The highest BCUT2D eigenvalue weighted by molar-refractivity contribution is 7.26. The van der Waals surface area contributed by atoms with Crippen molar-refractivity contribution in [2.24, 2.45) is 0 Å². The van der Waals surface area contributed by atoms with E-state index < -0.39 is 0 Å². The Kier molecular flexibility index (Phi) is 21.3. The zero-order valence-corrected chi connectivity index (χ0v) is 37.3. The topological polar surface area (TPSA) is 0 Å². The van der Waals surface area contributed by atoms with Crippen molar-refractivity contribution in [1.82, 2.24) is 0 Å². The Balaban J connectivity index is 1.72. The van der Waals surface area contributed by atoms with Crippen molar-refractivity contribution < 1.29 is 0 Å². The lowest BCUT2D eigenvalue weighted by Crippen LogP contribution is -2.27. The first-order chi connectivity index (χ1) is 25.7. The van der Waals surface area contributed by atoms with Crippen molar-refractivity contribution in [3.63, 3.8) is 0 Å². The van der Waals surface area contributed by atoms with Crippen LogP contribution in [-0.4, -0.2) is 0 Å². The first kappa shape index (κ1) is 43.8. The predicted octanol–water partition coefficient (Wildman–Crippen LogP) is 18.7. The molecule has 4 heteroatoms. The van der Waals surface area contributed by atoms with Gasteiger partial charge in [0.05, 0.1) is 0 Å². The van der Waals surface area contributed by atoms with Crippen LogP contribution >= 0.6 is 45.3 Å². The lowest BCUT2D eigenvalue weighted by molar-refractivity contribution is 0.393. The Labute approximate surface area is 337 Å². The van der Waals surface area contributed by atoms with Gasteiger partial charge in [0.15, 0.2) is 0 Å². The van der Waals surface area contributed by atoms with E-state index in [0.717, 1.165) is 0 Å². The molecule has 0 aromatic carbocycles. The maximum absolute atomic E-state index is 2.67. The Morgan fingerprint density at radius 1 is 0.365 bits per heavy atom. The number of hydrogen-bond acceptors (Lipinski definition) is 4. The number of unbranched alkanes of at least 4 members (excludes halogenated alkanes) is 20. The molecule has 292 valence electrons. The van der Waals surface area contributed by atoms with Crippen LogP contribution in [0.1, 0.15) is 230 Å². The first-order valence-corrected chi connectivity index (χ1v) is 25.9. The predicted molar refractivity (Wildman–Crippen MR) is 242 cm³/mol.